The molecule has 0 bridgehead atoms. The number of amides is 1. The minimum Gasteiger partial charge on any atom is -0.436 e. The number of hydrogen-bond acceptors (Lipinski definition) is 4. The van der Waals surface area contributed by atoms with Gasteiger partial charge in [-0.25, -0.2) is 4.98 Å². The molecule has 0 N–H and O–H groups in total. The molecule has 0 saturated carbocycles. The highest BCUT2D eigenvalue weighted by Crippen LogP contribution is 2.29. The second-order valence-corrected chi connectivity index (χ2v) is 7.41. The molecular weight excluding hydrogens is 352 g/mol. The van der Waals surface area contributed by atoms with E-state index in [0.717, 1.165) is 5.56 Å². The average Bonchev–Trinajstić information content (AvgIpc) is 3.17. The van der Waals surface area contributed by atoms with E-state index in [0.29, 0.717) is 35.9 Å². The molecule has 1 fully saturated rings. The standard InChI is InChI=1S/C23H24N2O3/c1-15-8-10-18(11-9-15)21-12-24-22(28-21)19-6-4-5-7-20(19)23(26)25-13-16(2)27-17(3)14-25/h4-12,16-17H,13-14H2,1-3H3/t16-,17-/m1/s1. The summed E-state index contributed by atoms with van der Waals surface area (Å²) >= 11 is 0. The van der Waals surface area contributed by atoms with Gasteiger partial charge in [-0.3, -0.25) is 4.79 Å². The van der Waals surface area contributed by atoms with E-state index in [1.807, 2.05) is 74.2 Å². The highest BCUT2D eigenvalue weighted by Gasteiger charge is 2.28. The number of morpholine rings is 1. The van der Waals surface area contributed by atoms with E-state index >= 15 is 0 Å². The predicted octanol–water partition coefficient (Wildman–Crippen LogP) is 4.57. The van der Waals surface area contributed by atoms with Crippen LogP contribution >= 0.6 is 0 Å². The number of aryl methyl sites for hydroxylation is 1. The van der Waals surface area contributed by atoms with Gasteiger partial charge in [0.05, 0.1) is 24.0 Å². The SMILES string of the molecule is Cc1ccc(-c2cnc(-c3ccccc3C(=O)N3C[C@@H](C)O[C@H](C)C3)o2)cc1. The predicted molar refractivity (Wildman–Crippen MR) is 108 cm³/mol. The maximum absolute atomic E-state index is 13.2. The van der Waals surface area contributed by atoms with Gasteiger partial charge >= 0.3 is 0 Å². The Kier molecular flexibility index (Phi) is 5.01. The van der Waals surface area contributed by atoms with E-state index in [1.54, 1.807) is 6.20 Å². The Labute approximate surface area is 165 Å². The highest BCUT2D eigenvalue weighted by molar-refractivity contribution is 6.00. The summed E-state index contributed by atoms with van der Waals surface area (Å²) in [7, 11) is 0. The van der Waals surface area contributed by atoms with Crippen molar-refractivity contribution in [3.63, 3.8) is 0 Å². The lowest BCUT2D eigenvalue weighted by Gasteiger charge is -2.35. The van der Waals surface area contributed by atoms with Crippen LogP contribution in [0.5, 0.6) is 0 Å². The van der Waals surface area contributed by atoms with Crippen LogP contribution in [-0.2, 0) is 4.74 Å². The van der Waals surface area contributed by atoms with Crippen molar-refractivity contribution in [3.05, 3.63) is 65.9 Å². The first kappa shape index (κ1) is 18.4. The summed E-state index contributed by atoms with van der Waals surface area (Å²) in [4.78, 5) is 19.5. The maximum atomic E-state index is 13.2. The number of nitrogens with zero attached hydrogens (tertiary/aromatic N) is 2. The smallest absolute Gasteiger partial charge is 0.254 e. The van der Waals surface area contributed by atoms with Crippen LogP contribution < -0.4 is 0 Å². The van der Waals surface area contributed by atoms with Crippen LogP contribution in [0.2, 0.25) is 0 Å². The van der Waals surface area contributed by atoms with Crippen molar-refractivity contribution in [1.82, 2.24) is 9.88 Å². The molecule has 1 saturated heterocycles. The Morgan fingerprint density at radius 1 is 1.04 bits per heavy atom. The third-order valence-corrected chi connectivity index (χ3v) is 4.94. The van der Waals surface area contributed by atoms with Crippen molar-refractivity contribution in [1.29, 1.82) is 0 Å². The van der Waals surface area contributed by atoms with Gasteiger partial charge in [-0.2, -0.15) is 0 Å². The van der Waals surface area contributed by atoms with Gasteiger partial charge in [0.25, 0.3) is 5.91 Å². The fourth-order valence-electron chi connectivity index (χ4n) is 3.62. The Balaban J connectivity index is 1.65. The summed E-state index contributed by atoms with van der Waals surface area (Å²) in [5.74, 6) is 1.12. The van der Waals surface area contributed by atoms with Gasteiger partial charge in [-0.1, -0.05) is 42.0 Å². The van der Waals surface area contributed by atoms with E-state index in [1.165, 1.54) is 5.56 Å². The molecule has 0 unspecified atom stereocenters. The van der Waals surface area contributed by atoms with Crippen LogP contribution in [0.4, 0.5) is 0 Å². The molecule has 5 nitrogen and oxygen atoms in total. The molecule has 1 aliphatic rings. The van der Waals surface area contributed by atoms with E-state index in [2.05, 4.69) is 4.98 Å². The molecule has 28 heavy (non-hydrogen) atoms. The molecule has 0 spiro atoms. The molecule has 1 aromatic heterocycles. The number of benzene rings is 2. The number of ether oxygens (including phenoxy) is 1. The minimum atomic E-state index is -0.0207. The van der Waals surface area contributed by atoms with E-state index in [9.17, 15) is 4.79 Å². The minimum absolute atomic E-state index is 0.0207. The lowest BCUT2D eigenvalue weighted by molar-refractivity contribution is -0.0586. The molecule has 0 aliphatic carbocycles. The highest BCUT2D eigenvalue weighted by atomic mass is 16.5. The van der Waals surface area contributed by atoms with E-state index < -0.39 is 0 Å². The zero-order valence-corrected chi connectivity index (χ0v) is 16.4. The third kappa shape index (κ3) is 3.71. The van der Waals surface area contributed by atoms with Crippen LogP contribution in [0.15, 0.2) is 59.1 Å². The molecule has 5 heteroatoms. The first-order valence-electron chi connectivity index (χ1n) is 9.58. The number of oxazole rings is 1. The molecule has 2 atom stereocenters. The molecule has 144 valence electrons. The fraction of sp³-hybridized carbons (Fsp3) is 0.304. The summed E-state index contributed by atoms with van der Waals surface area (Å²) in [5, 5.41) is 0. The second kappa shape index (κ2) is 7.60. The number of carbonyl (C=O) groups excluding carboxylic acids is 1. The molecule has 1 aliphatic heterocycles. The van der Waals surface area contributed by atoms with Gasteiger partial charge in [-0.15, -0.1) is 0 Å². The Hall–Kier alpha value is -2.92. The van der Waals surface area contributed by atoms with Gasteiger partial charge in [0, 0.05) is 24.2 Å². The van der Waals surface area contributed by atoms with Crippen molar-refractivity contribution in [2.45, 2.75) is 33.0 Å². The lowest BCUT2D eigenvalue weighted by atomic mass is 10.1. The largest absolute Gasteiger partial charge is 0.436 e. The quantitative estimate of drug-likeness (QED) is 0.672. The van der Waals surface area contributed by atoms with Crippen LogP contribution in [0.3, 0.4) is 0 Å². The van der Waals surface area contributed by atoms with Gasteiger partial charge in [-0.05, 0) is 32.9 Å². The Morgan fingerprint density at radius 2 is 1.71 bits per heavy atom. The Bertz CT molecular complexity index is 968. The van der Waals surface area contributed by atoms with Crippen LogP contribution in [-0.4, -0.2) is 41.1 Å². The zero-order chi connectivity index (χ0) is 19.7. The van der Waals surface area contributed by atoms with Crippen LogP contribution in [0.25, 0.3) is 22.8 Å². The first-order chi connectivity index (χ1) is 13.5. The third-order valence-electron chi connectivity index (χ3n) is 4.94. The molecule has 1 amide bonds. The van der Waals surface area contributed by atoms with E-state index in [4.69, 9.17) is 9.15 Å². The van der Waals surface area contributed by atoms with Crippen molar-refractivity contribution >= 4 is 5.91 Å². The molecule has 2 heterocycles. The average molecular weight is 376 g/mol. The summed E-state index contributed by atoms with van der Waals surface area (Å²) in [6.07, 6.45) is 1.75. The summed E-state index contributed by atoms with van der Waals surface area (Å²) in [6, 6.07) is 15.6. The number of rotatable bonds is 3. The Morgan fingerprint density at radius 3 is 2.43 bits per heavy atom. The number of hydrogen-bond donors (Lipinski definition) is 0. The molecular formula is C23H24N2O3. The van der Waals surface area contributed by atoms with Crippen LogP contribution in [0.1, 0.15) is 29.8 Å². The summed E-state index contributed by atoms with van der Waals surface area (Å²) in [6.45, 7) is 7.19. The normalized spacial score (nSPS) is 19.6. The molecule has 3 aromatic rings. The van der Waals surface area contributed by atoms with Gasteiger partial charge in [0.15, 0.2) is 5.76 Å². The number of carbonyl (C=O) groups is 1. The first-order valence-corrected chi connectivity index (χ1v) is 9.58. The van der Waals surface area contributed by atoms with Crippen molar-refractivity contribution in [2.75, 3.05) is 13.1 Å². The van der Waals surface area contributed by atoms with Gasteiger partial charge in [0.2, 0.25) is 5.89 Å². The topological polar surface area (TPSA) is 55.6 Å². The van der Waals surface area contributed by atoms with Crippen LogP contribution in [0, 0.1) is 6.92 Å². The maximum Gasteiger partial charge on any atom is 0.254 e. The fourth-order valence-corrected chi connectivity index (χ4v) is 3.62. The molecule has 0 radical (unpaired) electrons. The zero-order valence-electron chi connectivity index (χ0n) is 16.4. The monoisotopic (exact) mass is 376 g/mol. The van der Waals surface area contributed by atoms with Crippen molar-refractivity contribution in [3.8, 4) is 22.8 Å². The second-order valence-electron chi connectivity index (χ2n) is 7.41. The van der Waals surface area contributed by atoms with E-state index in [-0.39, 0.29) is 18.1 Å². The number of aromatic nitrogens is 1. The van der Waals surface area contributed by atoms with Gasteiger partial charge in [0.1, 0.15) is 0 Å². The van der Waals surface area contributed by atoms with Gasteiger partial charge < -0.3 is 14.1 Å². The lowest BCUT2D eigenvalue weighted by Crippen LogP contribution is -2.48. The summed E-state index contributed by atoms with van der Waals surface area (Å²) < 4.78 is 11.8. The van der Waals surface area contributed by atoms with Crippen molar-refractivity contribution < 1.29 is 13.9 Å². The van der Waals surface area contributed by atoms with Crippen molar-refractivity contribution in [2.24, 2.45) is 0 Å². The molecule has 4 rings (SSSR count). The molecule has 2 aromatic carbocycles. The summed E-state index contributed by atoms with van der Waals surface area (Å²) in [5.41, 5.74) is 3.45.